The van der Waals surface area contributed by atoms with Crippen LogP contribution in [-0.2, 0) is 9.59 Å². The summed E-state index contributed by atoms with van der Waals surface area (Å²) in [5.41, 5.74) is 0.692. The summed E-state index contributed by atoms with van der Waals surface area (Å²) < 4.78 is 5.41. The Labute approximate surface area is 142 Å². The lowest BCUT2D eigenvalue weighted by molar-refractivity contribution is -0.123. The number of carbonyl (C=O) groups is 2. The number of amides is 2. The minimum atomic E-state index is -0.161. The van der Waals surface area contributed by atoms with E-state index in [0.29, 0.717) is 18.0 Å². The van der Waals surface area contributed by atoms with Crippen molar-refractivity contribution in [3.05, 3.63) is 24.3 Å². The van der Waals surface area contributed by atoms with E-state index in [-0.39, 0.29) is 36.7 Å². The van der Waals surface area contributed by atoms with E-state index >= 15 is 0 Å². The first kappa shape index (κ1) is 19.3. The number of ether oxygens (including phenoxy) is 1. The Balaban J connectivity index is 0.00000264. The Bertz CT molecular complexity index is 519. The Hall–Kier alpha value is -1.79. The largest absolute Gasteiger partial charge is 0.484 e. The van der Waals surface area contributed by atoms with E-state index in [9.17, 15) is 9.59 Å². The van der Waals surface area contributed by atoms with E-state index in [4.69, 9.17) is 4.74 Å². The third-order valence-electron chi connectivity index (χ3n) is 3.56. The number of anilines is 1. The second kappa shape index (κ2) is 10.1. The van der Waals surface area contributed by atoms with Gasteiger partial charge in [0.05, 0.1) is 0 Å². The van der Waals surface area contributed by atoms with Gasteiger partial charge >= 0.3 is 0 Å². The lowest BCUT2D eigenvalue weighted by Gasteiger charge is -2.21. The number of nitrogens with one attached hydrogen (secondary N) is 3. The zero-order chi connectivity index (χ0) is 15.8. The smallest absolute Gasteiger partial charge is 0.257 e. The minimum absolute atomic E-state index is 0. The monoisotopic (exact) mass is 341 g/mol. The van der Waals surface area contributed by atoms with Crippen LogP contribution < -0.4 is 20.7 Å². The van der Waals surface area contributed by atoms with Gasteiger partial charge in [0.25, 0.3) is 5.91 Å². The number of hydrogen-bond donors (Lipinski definition) is 3. The maximum atomic E-state index is 12.2. The molecule has 1 aromatic carbocycles. The SMILES string of the molecule is CCNC(=O)COc1cccc(NC(=O)C2CCNCC2)c1.Cl. The molecule has 1 heterocycles. The van der Waals surface area contributed by atoms with Crippen LogP contribution in [0.3, 0.4) is 0 Å². The van der Waals surface area contributed by atoms with Crippen molar-refractivity contribution in [3.63, 3.8) is 0 Å². The van der Waals surface area contributed by atoms with E-state index in [1.807, 2.05) is 13.0 Å². The van der Waals surface area contributed by atoms with Gasteiger partial charge in [0.1, 0.15) is 5.75 Å². The van der Waals surface area contributed by atoms with Crippen LogP contribution in [0.2, 0.25) is 0 Å². The average Bonchev–Trinajstić information content (AvgIpc) is 2.54. The predicted molar refractivity (Wildman–Crippen MR) is 92.1 cm³/mol. The first-order valence-corrected chi connectivity index (χ1v) is 7.70. The highest BCUT2D eigenvalue weighted by Gasteiger charge is 2.20. The Morgan fingerprint density at radius 1 is 1.30 bits per heavy atom. The lowest BCUT2D eigenvalue weighted by atomic mass is 9.97. The Morgan fingerprint density at radius 3 is 2.74 bits per heavy atom. The summed E-state index contributed by atoms with van der Waals surface area (Å²) in [5.74, 6) is 0.504. The predicted octanol–water partition coefficient (Wildman–Crippen LogP) is 1.56. The second-order valence-electron chi connectivity index (χ2n) is 5.28. The van der Waals surface area contributed by atoms with Gasteiger partial charge in [0.15, 0.2) is 6.61 Å². The van der Waals surface area contributed by atoms with E-state index < -0.39 is 0 Å². The van der Waals surface area contributed by atoms with Gasteiger partial charge in [-0.2, -0.15) is 0 Å². The quantitative estimate of drug-likeness (QED) is 0.733. The molecule has 0 aliphatic carbocycles. The van der Waals surface area contributed by atoms with Crippen LogP contribution in [0.4, 0.5) is 5.69 Å². The number of piperidine rings is 1. The number of likely N-dealkylation sites (N-methyl/N-ethyl adjacent to an activating group) is 1. The van der Waals surface area contributed by atoms with E-state index in [0.717, 1.165) is 25.9 Å². The molecule has 128 valence electrons. The Morgan fingerprint density at radius 2 is 2.04 bits per heavy atom. The molecular formula is C16H24ClN3O3. The van der Waals surface area contributed by atoms with E-state index in [1.165, 1.54) is 0 Å². The van der Waals surface area contributed by atoms with Crippen molar-refractivity contribution in [2.24, 2.45) is 5.92 Å². The summed E-state index contributed by atoms with van der Waals surface area (Å²) in [6.07, 6.45) is 1.72. The van der Waals surface area contributed by atoms with Crippen LogP contribution in [0.25, 0.3) is 0 Å². The van der Waals surface area contributed by atoms with Crippen molar-refractivity contribution in [2.75, 3.05) is 31.6 Å². The molecule has 1 aromatic rings. The number of hydrogen-bond acceptors (Lipinski definition) is 4. The van der Waals surface area contributed by atoms with E-state index in [2.05, 4.69) is 16.0 Å². The van der Waals surface area contributed by atoms with Gasteiger partial charge in [-0.1, -0.05) is 6.07 Å². The normalized spacial score (nSPS) is 14.5. The van der Waals surface area contributed by atoms with Crippen LogP contribution >= 0.6 is 12.4 Å². The first-order valence-electron chi connectivity index (χ1n) is 7.70. The maximum Gasteiger partial charge on any atom is 0.257 e. The zero-order valence-electron chi connectivity index (χ0n) is 13.3. The van der Waals surface area contributed by atoms with Gasteiger partial charge in [-0.25, -0.2) is 0 Å². The fourth-order valence-corrected chi connectivity index (χ4v) is 2.39. The molecule has 1 aliphatic heterocycles. The molecule has 0 unspecified atom stereocenters. The van der Waals surface area contributed by atoms with Crippen LogP contribution in [-0.4, -0.2) is 38.1 Å². The molecule has 2 rings (SSSR count). The lowest BCUT2D eigenvalue weighted by Crippen LogP contribution is -2.34. The van der Waals surface area contributed by atoms with E-state index in [1.54, 1.807) is 18.2 Å². The molecule has 0 radical (unpaired) electrons. The van der Waals surface area contributed by atoms with Gasteiger partial charge in [-0.3, -0.25) is 9.59 Å². The van der Waals surface area contributed by atoms with Crippen molar-refractivity contribution < 1.29 is 14.3 Å². The molecule has 1 aliphatic rings. The minimum Gasteiger partial charge on any atom is -0.484 e. The number of benzene rings is 1. The molecule has 0 saturated carbocycles. The van der Waals surface area contributed by atoms with Gasteiger partial charge in [-0.05, 0) is 45.0 Å². The Kier molecular flexibility index (Phi) is 8.43. The van der Waals surface area contributed by atoms with Crippen LogP contribution in [0.5, 0.6) is 5.75 Å². The molecule has 7 heteroatoms. The van der Waals surface area contributed by atoms with Gasteiger partial charge in [-0.15, -0.1) is 12.4 Å². The molecule has 23 heavy (non-hydrogen) atoms. The highest BCUT2D eigenvalue weighted by Crippen LogP contribution is 2.20. The van der Waals surface area contributed by atoms with Crippen LogP contribution in [0.1, 0.15) is 19.8 Å². The fourth-order valence-electron chi connectivity index (χ4n) is 2.39. The number of halogens is 1. The molecule has 1 fully saturated rings. The molecular weight excluding hydrogens is 318 g/mol. The first-order chi connectivity index (χ1) is 10.7. The van der Waals surface area contributed by atoms with Crippen molar-refractivity contribution in [1.82, 2.24) is 10.6 Å². The topological polar surface area (TPSA) is 79.5 Å². The van der Waals surface area contributed by atoms with Gasteiger partial charge in [0.2, 0.25) is 5.91 Å². The summed E-state index contributed by atoms with van der Waals surface area (Å²) >= 11 is 0. The highest BCUT2D eigenvalue weighted by atomic mass is 35.5. The standard InChI is InChI=1S/C16H23N3O3.ClH/c1-2-18-15(20)11-22-14-5-3-4-13(10-14)19-16(21)12-6-8-17-9-7-12;/h3-5,10,12,17H,2,6-9,11H2,1H3,(H,18,20)(H,19,21);1H. The maximum absolute atomic E-state index is 12.2. The molecule has 6 nitrogen and oxygen atoms in total. The average molecular weight is 342 g/mol. The molecule has 3 N–H and O–H groups in total. The number of rotatable bonds is 6. The fraction of sp³-hybridized carbons (Fsp3) is 0.500. The van der Waals surface area contributed by atoms with Crippen molar-refractivity contribution >= 4 is 29.9 Å². The van der Waals surface area contributed by atoms with Gasteiger partial charge < -0.3 is 20.7 Å². The molecule has 0 atom stereocenters. The summed E-state index contributed by atoms with van der Waals surface area (Å²) in [7, 11) is 0. The summed E-state index contributed by atoms with van der Waals surface area (Å²) in [6, 6.07) is 7.11. The molecule has 2 amide bonds. The summed E-state index contributed by atoms with van der Waals surface area (Å²) in [6.45, 7) is 4.17. The molecule has 1 saturated heterocycles. The van der Waals surface area contributed by atoms with Crippen LogP contribution in [0.15, 0.2) is 24.3 Å². The summed E-state index contributed by atoms with van der Waals surface area (Å²) in [5, 5.41) is 8.83. The highest BCUT2D eigenvalue weighted by molar-refractivity contribution is 5.92. The third-order valence-corrected chi connectivity index (χ3v) is 3.56. The number of carbonyl (C=O) groups excluding carboxylic acids is 2. The molecule has 0 aromatic heterocycles. The van der Waals surface area contributed by atoms with Crippen LogP contribution in [0, 0.1) is 5.92 Å². The molecule has 0 spiro atoms. The third kappa shape index (κ3) is 6.46. The second-order valence-corrected chi connectivity index (χ2v) is 5.28. The molecule has 0 bridgehead atoms. The zero-order valence-corrected chi connectivity index (χ0v) is 14.1. The van der Waals surface area contributed by atoms with Crippen molar-refractivity contribution in [3.8, 4) is 5.75 Å². The van der Waals surface area contributed by atoms with Gasteiger partial charge in [0, 0.05) is 24.2 Å². The van der Waals surface area contributed by atoms with Crippen molar-refractivity contribution in [1.29, 1.82) is 0 Å². The van der Waals surface area contributed by atoms with Crippen molar-refractivity contribution in [2.45, 2.75) is 19.8 Å². The summed E-state index contributed by atoms with van der Waals surface area (Å²) in [4.78, 5) is 23.6.